The van der Waals surface area contributed by atoms with Crippen LogP contribution < -0.4 is 11.1 Å². The number of nitrogens with one attached hydrogen (secondary N) is 1. The van der Waals surface area contributed by atoms with Crippen LogP contribution in [0.15, 0.2) is 18.2 Å². The zero-order valence-electron chi connectivity index (χ0n) is 18.1. The fraction of sp³-hybridized carbons (Fsp3) is 0.545. The molecule has 4 amide bonds. The van der Waals surface area contributed by atoms with Gasteiger partial charge in [-0.2, -0.15) is 0 Å². The molecule has 0 aromatic heterocycles. The molecule has 3 fully saturated rings. The molecule has 11 heteroatoms. The second-order valence-electron chi connectivity index (χ2n) is 9.62. The summed E-state index contributed by atoms with van der Waals surface area (Å²) in [6.07, 6.45) is 1.32. The van der Waals surface area contributed by atoms with Crippen LogP contribution in [-0.4, -0.2) is 78.5 Å². The summed E-state index contributed by atoms with van der Waals surface area (Å²) < 4.78 is 23.7. The number of imide groups is 2. The first kappa shape index (κ1) is 22.2. The number of carbonyl (C=O) groups is 4. The summed E-state index contributed by atoms with van der Waals surface area (Å²) in [5.74, 6) is -1.76. The van der Waals surface area contributed by atoms with E-state index in [2.05, 4.69) is 10.2 Å². The van der Waals surface area contributed by atoms with E-state index in [1.807, 2.05) is 0 Å². The number of nitrogens with two attached hydrogens (primary N) is 1. The summed E-state index contributed by atoms with van der Waals surface area (Å²) in [5, 5.41) is 2.19. The van der Waals surface area contributed by atoms with Crippen LogP contribution in [0.2, 0.25) is 0 Å². The molecule has 3 saturated heterocycles. The average molecular weight is 475 g/mol. The number of sulfone groups is 1. The van der Waals surface area contributed by atoms with Gasteiger partial charge in [0.25, 0.3) is 11.8 Å². The molecular formula is C22H26N4O6S. The van der Waals surface area contributed by atoms with Crippen molar-refractivity contribution in [2.45, 2.75) is 44.3 Å². The van der Waals surface area contributed by atoms with E-state index in [-0.39, 0.29) is 46.9 Å². The number of amides is 4. The highest BCUT2D eigenvalue weighted by molar-refractivity contribution is 7.91. The first-order valence-electron chi connectivity index (χ1n) is 11.1. The number of rotatable bonds is 3. The van der Waals surface area contributed by atoms with Crippen molar-refractivity contribution in [3.05, 3.63) is 34.9 Å². The van der Waals surface area contributed by atoms with Gasteiger partial charge in [0.2, 0.25) is 11.8 Å². The Bertz CT molecular complexity index is 1170. The molecule has 1 aromatic carbocycles. The highest BCUT2D eigenvalue weighted by Gasteiger charge is 2.48. The molecule has 0 saturated carbocycles. The van der Waals surface area contributed by atoms with Crippen molar-refractivity contribution < 1.29 is 27.6 Å². The molecule has 5 rings (SSSR count). The Morgan fingerprint density at radius 1 is 1.06 bits per heavy atom. The van der Waals surface area contributed by atoms with E-state index in [9.17, 15) is 27.6 Å². The predicted octanol–water partition coefficient (Wildman–Crippen LogP) is -0.574. The molecule has 2 atom stereocenters. The molecule has 33 heavy (non-hydrogen) atoms. The summed E-state index contributed by atoms with van der Waals surface area (Å²) in [4.78, 5) is 52.7. The fourth-order valence-corrected chi connectivity index (χ4v) is 7.21. The van der Waals surface area contributed by atoms with E-state index >= 15 is 0 Å². The van der Waals surface area contributed by atoms with E-state index in [0.29, 0.717) is 32.5 Å². The normalized spacial score (nSPS) is 28.9. The number of likely N-dealkylation sites (tertiary alicyclic amines) is 1. The minimum atomic E-state index is -2.98. The Hall–Kier alpha value is -2.63. The SMILES string of the molecule is NC1CN(Cc2ccc3c(c2)C(=O)N(C2CCC(=O)NC2=O)C3=O)CC12CCS(=O)(=O)CC2. The van der Waals surface area contributed by atoms with Crippen molar-refractivity contribution in [3.8, 4) is 0 Å². The maximum Gasteiger partial charge on any atom is 0.262 e. The Morgan fingerprint density at radius 2 is 1.76 bits per heavy atom. The van der Waals surface area contributed by atoms with Gasteiger partial charge in [0.05, 0.1) is 22.6 Å². The van der Waals surface area contributed by atoms with Gasteiger partial charge in [-0.1, -0.05) is 6.07 Å². The Labute approximate surface area is 191 Å². The number of carbonyl (C=O) groups excluding carboxylic acids is 4. The maximum absolute atomic E-state index is 13.0. The second-order valence-corrected chi connectivity index (χ2v) is 11.9. The molecule has 4 aliphatic rings. The van der Waals surface area contributed by atoms with Crippen molar-refractivity contribution in [1.82, 2.24) is 15.1 Å². The van der Waals surface area contributed by atoms with Crippen LogP contribution in [0.25, 0.3) is 0 Å². The van der Waals surface area contributed by atoms with E-state index in [4.69, 9.17) is 5.73 Å². The van der Waals surface area contributed by atoms with Crippen LogP contribution >= 0.6 is 0 Å². The maximum atomic E-state index is 13.0. The van der Waals surface area contributed by atoms with Crippen LogP contribution in [0, 0.1) is 5.41 Å². The Balaban J connectivity index is 1.31. The number of hydrogen-bond acceptors (Lipinski definition) is 8. The van der Waals surface area contributed by atoms with Gasteiger partial charge in [0, 0.05) is 37.5 Å². The Morgan fingerprint density at radius 3 is 2.45 bits per heavy atom. The van der Waals surface area contributed by atoms with E-state index < -0.39 is 39.5 Å². The monoisotopic (exact) mass is 474 g/mol. The number of hydrogen-bond donors (Lipinski definition) is 2. The zero-order valence-corrected chi connectivity index (χ0v) is 18.9. The highest BCUT2D eigenvalue weighted by Crippen LogP contribution is 2.41. The summed E-state index contributed by atoms with van der Waals surface area (Å²) in [6, 6.07) is 3.98. The van der Waals surface area contributed by atoms with Gasteiger partial charge in [-0.25, -0.2) is 8.42 Å². The quantitative estimate of drug-likeness (QED) is 0.554. The largest absolute Gasteiger partial charge is 0.326 e. The first-order valence-corrected chi connectivity index (χ1v) is 12.9. The van der Waals surface area contributed by atoms with Crippen LogP contribution in [0.3, 0.4) is 0 Å². The van der Waals surface area contributed by atoms with Crippen LogP contribution in [0.5, 0.6) is 0 Å². The number of fused-ring (bicyclic) bond motifs is 1. The lowest BCUT2D eigenvalue weighted by Gasteiger charge is -2.36. The molecule has 0 bridgehead atoms. The van der Waals surface area contributed by atoms with Crippen LogP contribution in [0.4, 0.5) is 0 Å². The van der Waals surface area contributed by atoms with Crippen LogP contribution in [0.1, 0.15) is 52.0 Å². The van der Waals surface area contributed by atoms with Crippen molar-refractivity contribution in [2.24, 2.45) is 11.1 Å². The molecule has 176 valence electrons. The molecule has 1 aromatic rings. The third-order valence-electron chi connectivity index (χ3n) is 7.51. The summed E-state index contributed by atoms with van der Waals surface area (Å²) in [5.41, 5.74) is 7.56. The minimum absolute atomic E-state index is 0.0767. The van der Waals surface area contributed by atoms with Gasteiger partial charge in [0.1, 0.15) is 15.9 Å². The number of nitrogens with zero attached hydrogens (tertiary/aromatic N) is 2. The lowest BCUT2D eigenvalue weighted by molar-refractivity contribution is -0.136. The smallest absolute Gasteiger partial charge is 0.262 e. The molecule has 4 aliphatic heterocycles. The zero-order chi connectivity index (χ0) is 23.5. The van der Waals surface area contributed by atoms with Gasteiger partial charge in [0.15, 0.2) is 0 Å². The van der Waals surface area contributed by atoms with Gasteiger partial charge >= 0.3 is 0 Å². The van der Waals surface area contributed by atoms with E-state index in [1.165, 1.54) is 0 Å². The Kier molecular flexibility index (Phi) is 5.18. The van der Waals surface area contributed by atoms with Gasteiger partial charge in [-0.3, -0.25) is 34.3 Å². The first-order chi connectivity index (χ1) is 15.6. The predicted molar refractivity (Wildman–Crippen MR) is 117 cm³/mol. The molecule has 0 aliphatic carbocycles. The summed E-state index contributed by atoms with van der Waals surface area (Å²) >= 11 is 0. The molecular weight excluding hydrogens is 448 g/mol. The topological polar surface area (TPSA) is 147 Å². The molecule has 4 heterocycles. The fourth-order valence-electron chi connectivity index (χ4n) is 5.57. The molecule has 2 unspecified atom stereocenters. The van der Waals surface area contributed by atoms with E-state index in [0.717, 1.165) is 10.5 Å². The molecule has 3 N–H and O–H groups in total. The van der Waals surface area contributed by atoms with Crippen molar-refractivity contribution >= 4 is 33.5 Å². The summed E-state index contributed by atoms with van der Waals surface area (Å²) in [7, 11) is -2.98. The molecule has 0 radical (unpaired) electrons. The average Bonchev–Trinajstić information content (AvgIpc) is 3.18. The molecule has 10 nitrogen and oxygen atoms in total. The lowest BCUT2D eigenvalue weighted by atomic mass is 9.78. The van der Waals surface area contributed by atoms with Crippen LogP contribution in [-0.2, 0) is 26.0 Å². The lowest BCUT2D eigenvalue weighted by Crippen LogP contribution is -2.54. The van der Waals surface area contributed by atoms with E-state index in [1.54, 1.807) is 18.2 Å². The standard InChI is InChI=1S/C22H26N4O6S/c23-17-11-25(12-22(17)5-7-33(31,32)8-6-22)10-13-1-2-14-15(9-13)21(30)26(20(14)29)16-3-4-18(27)24-19(16)28/h1-2,9,16-17H,3-8,10-12,23H2,(H,24,27,28). The second kappa shape index (κ2) is 7.71. The van der Waals surface area contributed by atoms with Gasteiger partial charge in [-0.15, -0.1) is 0 Å². The van der Waals surface area contributed by atoms with Crippen molar-refractivity contribution in [1.29, 1.82) is 0 Å². The third-order valence-corrected chi connectivity index (χ3v) is 9.16. The van der Waals surface area contributed by atoms with Crippen molar-refractivity contribution in [3.63, 3.8) is 0 Å². The third kappa shape index (κ3) is 3.77. The number of benzene rings is 1. The van der Waals surface area contributed by atoms with Gasteiger partial charge < -0.3 is 5.73 Å². The molecule has 1 spiro atoms. The van der Waals surface area contributed by atoms with Crippen molar-refractivity contribution in [2.75, 3.05) is 24.6 Å². The minimum Gasteiger partial charge on any atom is -0.326 e. The van der Waals surface area contributed by atoms with Gasteiger partial charge in [-0.05, 0) is 37.0 Å². The summed E-state index contributed by atoms with van der Waals surface area (Å²) in [6.45, 7) is 1.85. The highest BCUT2D eigenvalue weighted by atomic mass is 32.2. The number of piperidine rings is 1.